The predicted molar refractivity (Wildman–Crippen MR) is 130 cm³/mol. The van der Waals surface area contributed by atoms with Crippen molar-refractivity contribution in [2.75, 3.05) is 38.1 Å². The predicted octanol–water partition coefficient (Wildman–Crippen LogP) is 3.89. The second-order valence-corrected chi connectivity index (χ2v) is 9.80. The van der Waals surface area contributed by atoms with Gasteiger partial charge in [-0.05, 0) is 74.1 Å². The first-order chi connectivity index (χ1) is 18.1. The highest BCUT2D eigenvalue weighted by Gasteiger charge is 2.41. The fraction of sp³-hybridized carbons (Fsp3) is 0.577. The van der Waals surface area contributed by atoms with Gasteiger partial charge in [0.1, 0.15) is 5.82 Å². The van der Waals surface area contributed by atoms with Crippen molar-refractivity contribution in [3.63, 3.8) is 0 Å². The number of hydrogen-bond acceptors (Lipinski definition) is 6. The Morgan fingerprint density at radius 3 is 2.67 bits per heavy atom. The van der Waals surface area contributed by atoms with E-state index in [4.69, 9.17) is 11.6 Å². The van der Waals surface area contributed by atoms with Crippen molar-refractivity contribution in [3.8, 4) is 11.3 Å². The first-order valence-electron chi connectivity index (χ1n) is 14.5. The Labute approximate surface area is 202 Å². The molecular formula is C26H34N6O. The van der Waals surface area contributed by atoms with E-state index in [0.29, 0.717) is 36.6 Å². The van der Waals surface area contributed by atoms with Gasteiger partial charge in [0, 0.05) is 69.8 Å². The molecule has 7 heteroatoms. The molecule has 7 nitrogen and oxygen atoms in total. The van der Waals surface area contributed by atoms with E-state index in [0.717, 1.165) is 71.5 Å². The standard InChI is InChI=1S/C26H34N6O/c1-17-22(3-4-25-23(17)16-31(2)30-25)24-5-6-26(29-28-24)27-21-11-19-14-32(15-20(19)12-21)13-18-7-9-33-10-8-18/h3-6,16,18-21H,7-15H2,1-2H3,(H,27,29)/t19-,20+,21?/i2D3,13D2. The molecule has 2 aliphatic heterocycles. The summed E-state index contributed by atoms with van der Waals surface area (Å²) in [6, 6.07) is 7.93. The third-order valence-electron chi connectivity index (χ3n) is 7.59. The summed E-state index contributed by atoms with van der Waals surface area (Å²) in [5.74, 6) is 1.79. The van der Waals surface area contributed by atoms with Crippen molar-refractivity contribution < 1.29 is 11.6 Å². The van der Waals surface area contributed by atoms with Gasteiger partial charge in [0.2, 0.25) is 0 Å². The number of nitrogens with zero attached hydrogens (tertiary/aromatic N) is 5. The topological polar surface area (TPSA) is 68.1 Å². The number of aromatic nitrogens is 4. The first-order valence-corrected chi connectivity index (χ1v) is 12.0. The van der Waals surface area contributed by atoms with E-state index in [2.05, 4.69) is 25.5 Å². The van der Waals surface area contributed by atoms with Crippen molar-refractivity contribution in [1.82, 2.24) is 24.9 Å². The molecule has 33 heavy (non-hydrogen) atoms. The van der Waals surface area contributed by atoms with Crippen LogP contribution in [0.5, 0.6) is 0 Å². The Morgan fingerprint density at radius 1 is 1.12 bits per heavy atom. The molecule has 1 N–H and O–H groups in total. The fourth-order valence-electron chi connectivity index (χ4n) is 5.88. The van der Waals surface area contributed by atoms with Gasteiger partial charge in [-0.3, -0.25) is 4.68 Å². The number of nitrogens with one attached hydrogen (secondary N) is 1. The number of likely N-dealkylation sites (tertiary alicyclic amines) is 1. The third-order valence-corrected chi connectivity index (χ3v) is 7.59. The Balaban J connectivity index is 1.09. The van der Waals surface area contributed by atoms with Crippen LogP contribution in [0.1, 0.15) is 38.1 Å². The van der Waals surface area contributed by atoms with E-state index in [1.54, 1.807) is 6.20 Å². The highest BCUT2D eigenvalue weighted by molar-refractivity contribution is 5.88. The average molecular weight is 452 g/mol. The van der Waals surface area contributed by atoms with Crippen molar-refractivity contribution in [1.29, 1.82) is 0 Å². The molecule has 2 aromatic heterocycles. The minimum Gasteiger partial charge on any atom is -0.381 e. The first kappa shape index (κ1) is 16.2. The lowest BCUT2D eigenvalue weighted by molar-refractivity contribution is 0.0545. The molecule has 1 aliphatic carbocycles. The van der Waals surface area contributed by atoms with E-state index in [1.165, 1.54) is 0 Å². The molecule has 174 valence electrons. The monoisotopic (exact) mass is 451 g/mol. The molecule has 3 fully saturated rings. The number of rotatable bonds is 5. The van der Waals surface area contributed by atoms with Crippen LogP contribution in [0, 0.1) is 24.7 Å². The van der Waals surface area contributed by atoms with Gasteiger partial charge in [0.05, 0.1) is 11.2 Å². The highest BCUT2D eigenvalue weighted by atomic mass is 16.5. The maximum atomic E-state index is 8.78. The maximum Gasteiger partial charge on any atom is 0.148 e. The molecule has 0 spiro atoms. The molecule has 4 heterocycles. The number of anilines is 1. The molecule has 2 saturated heterocycles. The Bertz CT molecular complexity index is 1290. The summed E-state index contributed by atoms with van der Waals surface area (Å²) < 4.78 is 46.9. The van der Waals surface area contributed by atoms with Crippen LogP contribution in [-0.2, 0) is 11.7 Å². The number of aryl methyl sites for hydroxylation is 2. The molecule has 3 atom stereocenters. The molecule has 6 rings (SSSR count). The van der Waals surface area contributed by atoms with Gasteiger partial charge in [-0.15, -0.1) is 10.2 Å². The summed E-state index contributed by atoms with van der Waals surface area (Å²) >= 11 is 0. The zero-order valence-electron chi connectivity index (χ0n) is 24.0. The highest BCUT2D eigenvalue weighted by Crippen LogP contribution is 2.39. The number of fused-ring (bicyclic) bond motifs is 2. The van der Waals surface area contributed by atoms with Gasteiger partial charge in [-0.1, -0.05) is 6.07 Å². The lowest BCUT2D eigenvalue weighted by Gasteiger charge is -2.27. The van der Waals surface area contributed by atoms with E-state index in [-0.39, 0.29) is 5.92 Å². The van der Waals surface area contributed by atoms with Crippen LogP contribution in [0.4, 0.5) is 5.82 Å². The van der Waals surface area contributed by atoms with E-state index < -0.39 is 13.5 Å². The van der Waals surface area contributed by atoms with E-state index in [1.807, 2.05) is 31.2 Å². The van der Waals surface area contributed by atoms with Crippen molar-refractivity contribution in [2.24, 2.45) is 24.7 Å². The largest absolute Gasteiger partial charge is 0.381 e. The SMILES string of the molecule is [2H]C([2H])(C1CCOCC1)N1C[C@H]2CC(Nc3ccc(-c4ccc5nn(C([2H])([2H])[2H])cc5c4C)nn3)C[C@H]2C1. The van der Waals surface area contributed by atoms with Crippen LogP contribution in [0.3, 0.4) is 0 Å². The zero-order valence-corrected chi connectivity index (χ0v) is 19.0. The van der Waals surface area contributed by atoms with Crippen molar-refractivity contribution in [2.45, 2.75) is 38.6 Å². The van der Waals surface area contributed by atoms with Crippen LogP contribution < -0.4 is 5.32 Å². The number of ether oxygens (including phenoxy) is 1. The molecule has 3 aliphatic rings. The molecule has 1 unspecified atom stereocenters. The van der Waals surface area contributed by atoms with Gasteiger partial charge in [-0.2, -0.15) is 5.10 Å². The Hall–Kier alpha value is -2.51. The summed E-state index contributed by atoms with van der Waals surface area (Å²) in [4.78, 5) is 2.09. The lowest BCUT2D eigenvalue weighted by Crippen LogP contribution is -2.32. The smallest absolute Gasteiger partial charge is 0.148 e. The van der Waals surface area contributed by atoms with Gasteiger partial charge in [-0.25, -0.2) is 0 Å². The maximum absolute atomic E-state index is 8.78. The summed E-state index contributed by atoms with van der Waals surface area (Å²) in [5.41, 5.74) is 3.18. The molecule has 0 radical (unpaired) electrons. The van der Waals surface area contributed by atoms with Gasteiger partial charge >= 0.3 is 0 Å². The van der Waals surface area contributed by atoms with Crippen LogP contribution in [0.15, 0.2) is 30.5 Å². The van der Waals surface area contributed by atoms with E-state index >= 15 is 0 Å². The average Bonchev–Trinajstić information content (AvgIpc) is 3.59. The second kappa shape index (κ2) is 8.69. The van der Waals surface area contributed by atoms with Crippen LogP contribution in [-0.4, -0.2) is 63.7 Å². The van der Waals surface area contributed by atoms with Gasteiger partial charge in [0.25, 0.3) is 0 Å². The number of benzene rings is 1. The Morgan fingerprint density at radius 2 is 1.94 bits per heavy atom. The normalized spacial score (nSPS) is 29.2. The molecule has 3 aromatic rings. The van der Waals surface area contributed by atoms with Crippen molar-refractivity contribution in [3.05, 3.63) is 36.0 Å². The number of hydrogen-bond donors (Lipinski definition) is 1. The molecule has 1 aromatic carbocycles. The van der Waals surface area contributed by atoms with Crippen LogP contribution >= 0.6 is 0 Å². The summed E-state index contributed by atoms with van der Waals surface area (Å²) in [6.07, 6.45) is 5.20. The quantitative estimate of drug-likeness (QED) is 0.635. The van der Waals surface area contributed by atoms with Gasteiger partial charge in [0.15, 0.2) is 0 Å². The van der Waals surface area contributed by atoms with Crippen LogP contribution in [0.25, 0.3) is 22.2 Å². The lowest BCUT2D eigenvalue weighted by atomic mass is 10.00. The summed E-state index contributed by atoms with van der Waals surface area (Å²) in [5, 5.41) is 17.4. The minimum absolute atomic E-state index is 0.0554. The summed E-state index contributed by atoms with van der Waals surface area (Å²) in [7, 11) is 0. The third kappa shape index (κ3) is 4.24. The Kier molecular flexibility index (Phi) is 4.26. The second-order valence-electron chi connectivity index (χ2n) is 9.80. The molecular weight excluding hydrogens is 412 g/mol. The van der Waals surface area contributed by atoms with Crippen LogP contribution in [0.2, 0.25) is 0 Å². The van der Waals surface area contributed by atoms with Crippen molar-refractivity contribution >= 4 is 16.7 Å². The molecule has 0 amide bonds. The van der Waals surface area contributed by atoms with Gasteiger partial charge < -0.3 is 15.0 Å². The molecule has 0 bridgehead atoms. The zero-order chi connectivity index (χ0) is 26.7. The molecule has 1 saturated carbocycles. The van der Waals surface area contributed by atoms with E-state index in [9.17, 15) is 0 Å². The summed E-state index contributed by atoms with van der Waals surface area (Å²) in [6.45, 7) is 1.34. The fourth-order valence-corrected chi connectivity index (χ4v) is 5.88. The minimum atomic E-state index is -2.31.